The molecule has 0 aromatic rings. The predicted octanol–water partition coefficient (Wildman–Crippen LogP) is 0.298. The first-order valence-electron chi connectivity index (χ1n) is 4.66. The molecule has 2 atom stereocenters. The van der Waals surface area contributed by atoms with Crippen molar-refractivity contribution in [2.24, 2.45) is 3.77 Å². The van der Waals surface area contributed by atoms with Gasteiger partial charge in [-0.25, -0.2) is 4.18 Å². The fourth-order valence-electron chi connectivity index (χ4n) is 0.997. The van der Waals surface area contributed by atoms with Crippen LogP contribution in [0.25, 0.3) is 0 Å². The first-order chi connectivity index (χ1) is 7.81. The molecule has 8 nitrogen and oxygen atoms in total. The fraction of sp³-hybridized carbons (Fsp3) is 1.00. The summed E-state index contributed by atoms with van der Waals surface area (Å²) in [6, 6.07) is 0. The normalized spacial score (nSPS) is 37.9. The van der Waals surface area contributed by atoms with E-state index < -0.39 is 36.7 Å². The molecule has 1 aliphatic rings. The maximum absolute atomic E-state index is 14.4. The van der Waals surface area contributed by atoms with Gasteiger partial charge in [-0.15, -0.1) is 8.09 Å². The van der Waals surface area contributed by atoms with Crippen LogP contribution in [0.4, 0.5) is 7.77 Å². The van der Waals surface area contributed by atoms with E-state index in [9.17, 15) is 24.6 Å². The van der Waals surface area contributed by atoms with Gasteiger partial charge in [0.15, 0.2) is 0 Å². The number of nitrogens with one attached hydrogen (secondary N) is 1. The van der Waals surface area contributed by atoms with Crippen molar-refractivity contribution in [3.63, 3.8) is 0 Å². The predicted molar refractivity (Wildman–Crippen MR) is 61.6 cm³/mol. The molecule has 0 aromatic heterocycles. The minimum atomic E-state index is -6.30. The molecule has 2 unspecified atom stereocenters. The second-order valence-corrected chi connectivity index (χ2v) is 9.65. The first kappa shape index (κ1) is 15.8. The van der Waals surface area contributed by atoms with Gasteiger partial charge in [-0.2, -0.15) is 12.6 Å². The largest absolute Gasteiger partial charge is 0.352 e. The van der Waals surface area contributed by atoms with Crippen molar-refractivity contribution in [2.75, 3.05) is 7.05 Å². The van der Waals surface area contributed by atoms with Gasteiger partial charge in [-0.3, -0.25) is 0 Å². The number of hydrogen-bond donors (Lipinski definition) is 1. The van der Waals surface area contributed by atoms with Crippen molar-refractivity contribution < 1.29 is 28.8 Å². The van der Waals surface area contributed by atoms with Crippen LogP contribution in [0.1, 0.15) is 20.3 Å². The standard InChI is InChI=1S/C5H13F2N3O5S3/c1-4-5(2)15-18(7,14)9-16(6,11)8-17(12,13)10(18)3/h5H,4H2,1-3H3,(H,8,9,11,14). The Morgan fingerprint density at radius 2 is 2.00 bits per heavy atom. The van der Waals surface area contributed by atoms with E-state index >= 15 is 0 Å². The Morgan fingerprint density at radius 1 is 1.50 bits per heavy atom. The minimum Gasteiger partial charge on any atom is -0.235 e. The van der Waals surface area contributed by atoms with Crippen LogP contribution < -0.4 is 4.13 Å². The molecule has 13 heteroatoms. The molecule has 1 rings (SSSR count). The van der Waals surface area contributed by atoms with Gasteiger partial charge in [0, 0.05) is 7.05 Å². The first-order valence-corrected chi connectivity index (χ1v) is 9.22. The molecule has 0 radical (unpaired) electrons. The summed E-state index contributed by atoms with van der Waals surface area (Å²) in [4.78, 5) is 0. The van der Waals surface area contributed by atoms with E-state index in [-0.39, 0.29) is 10.1 Å². The summed E-state index contributed by atoms with van der Waals surface area (Å²) >= 11 is 0. The maximum Gasteiger partial charge on any atom is 0.352 e. The highest BCUT2D eigenvalue weighted by atomic mass is 32.4. The lowest BCUT2D eigenvalue weighted by molar-refractivity contribution is 0.188. The van der Waals surface area contributed by atoms with Gasteiger partial charge in [-0.1, -0.05) is 18.7 Å². The molecule has 0 saturated carbocycles. The molecule has 1 heterocycles. The van der Waals surface area contributed by atoms with Crippen molar-refractivity contribution in [2.45, 2.75) is 26.4 Å². The summed E-state index contributed by atoms with van der Waals surface area (Å²) in [6.45, 7) is 2.82. The summed E-state index contributed by atoms with van der Waals surface area (Å²) in [5.74, 6) is 0. The lowest BCUT2D eigenvalue weighted by Crippen LogP contribution is -2.62. The van der Waals surface area contributed by atoms with Crippen LogP contribution in [-0.4, -0.2) is 33.7 Å². The Labute approximate surface area is 105 Å². The third-order valence-corrected chi connectivity index (χ3v) is 9.04. The number of rotatable bonds is 3. The highest BCUT2D eigenvalue weighted by Gasteiger charge is 2.51. The van der Waals surface area contributed by atoms with E-state index in [4.69, 9.17) is 0 Å². The molecular formula is C5H13F2N3O5S3. The lowest BCUT2D eigenvalue weighted by atomic mass is 10.3. The third kappa shape index (κ3) is 2.85. The Bertz CT molecular complexity index is 639. The fourth-order valence-corrected chi connectivity index (χ4v) is 7.39. The Morgan fingerprint density at radius 3 is 2.44 bits per heavy atom. The highest BCUT2D eigenvalue weighted by molar-refractivity contribution is 8.24. The average molecular weight is 329 g/mol. The Balaban J connectivity index is 3.47. The van der Waals surface area contributed by atoms with Crippen molar-refractivity contribution in [1.29, 1.82) is 0 Å². The average Bonchev–Trinajstić information content (AvgIpc) is 2.10. The molecule has 1 N–H and O–H groups in total. The second-order valence-electron chi connectivity index (χ2n) is 3.57. The van der Waals surface area contributed by atoms with E-state index in [0.29, 0.717) is 7.05 Å². The zero-order chi connectivity index (χ0) is 14.4. The molecule has 0 amide bonds. The molecule has 0 spiro atoms. The van der Waals surface area contributed by atoms with E-state index in [1.807, 2.05) is 0 Å². The van der Waals surface area contributed by atoms with Gasteiger partial charge in [-0.05, 0) is 17.1 Å². The topological polar surface area (TPSA) is 105 Å². The molecule has 0 aliphatic carbocycles. The van der Waals surface area contributed by atoms with Crippen molar-refractivity contribution in [1.82, 2.24) is 7.84 Å². The molecule has 0 bridgehead atoms. The van der Waals surface area contributed by atoms with Crippen LogP contribution in [0.15, 0.2) is 3.77 Å². The summed E-state index contributed by atoms with van der Waals surface area (Å²) in [6.07, 6.45) is -0.841. The molecule has 0 aromatic carbocycles. The van der Waals surface area contributed by atoms with E-state index in [1.54, 1.807) is 0 Å². The van der Waals surface area contributed by atoms with Crippen LogP contribution in [0, 0.1) is 0 Å². The quantitative estimate of drug-likeness (QED) is 0.750. The monoisotopic (exact) mass is 329 g/mol. The van der Waals surface area contributed by atoms with Gasteiger partial charge < -0.3 is 0 Å². The molecule has 110 valence electrons. The minimum absolute atomic E-state index is 0.165. The molecule has 18 heavy (non-hydrogen) atoms. The summed E-state index contributed by atoms with van der Waals surface area (Å²) in [5.41, 5.74) is 0. The highest BCUT2D eigenvalue weighted by Crippen LogP contribution is 2.38. The molecule has 0 fully saturated rings. The summed E-state index contributed by atoms with van der Waals surface area (Å²) < 4.78 is 80.4. The van der Waals surface area contributed by atoms with Crippen LogP contribution in [0.2, 0.25) is 0 Å². The number of nitrogens with zero attached hydrogens (tertiary/aromatic N) is 2. The molecular weight excluding hydrogens is 316 g/mol. The lowest BCUT2D eigenvalue weighted by Gasteiger charge is -2.46. The summed E-state index contributed by atoms with van der Waals surface area (Å²) in [7, 11) is -16.0. The van der Waals surface area contributed by atoms with Crippen LogP contribution in [-0.2, 0) is 34.8 Å². The zero-order valence-corrected chi connectivity index (χ0v) is 12.2. The van der Waals surface area contributed by atoms with Crippen LogP contribution in [0.5, 0.6) is 0 Å². The Hall–Kier alpha value is -0.210. The van der Waals surface area contributed by atoms with E-state index in [0.717, 1.165) is 4.13 Å². The van der Waals surface area contributed by atoms with E-state index in [1.165, 1.54) is 13.8 Å². The molecule has 0 saturated heterocycles. The van der Waals surface area contributed by atoms with Crippen molar-refractivity contribution in [3.05, 3.63) is 0 Å². The van der Waals surface area contributed by atoms with E-state index in [2.05, 4.69) is 7.95 Å². The van der Waals surface area contributed by atoms with Gasteiger partial charge in [0.1, 0.15) is 0 Å². The van der Waals surface area contributed by atoms with Crippen molar-refractivity contribution >= 4 is 30.6 Å². The second kappa shape index (κ2) is 4.14. The Kier molecular flexibility index (Phi) is 3.65. The van der Waals surface area contributed by atoms with Crippen LogP contribution in [0.3, 0.4) is 0 Å². The molecule has 1 aliphatic heterocycles. The van der Waals surface area contributed by atoms with Crippen LogP contribution >= 0.6 is 0 Å². The smallest absolute Gasteiger partial charge is 0.235 e. The maximum atomic E-state index is 14.4. The van der Waals surface area contributed by atoms with Gasteiger partial charge >= 0.3 is 20.5 Å². The van der Waals surface area contributed by atoms with Crippen molar-refractivity contribution in [3.8, 4) is 0 Å². The van der Waals surface area contributed by atoms with Gasteiger partial charge in [0.2, 0.25) is 0 Å². The van der Waals surface area contributed by atoms with Gasteiger partial charge in [0.25, 0.3) is 0 Å². The SMILES string of the molecule is CCC(C)OS1(=O)(F)NS(=O)(F)=NS(=O)(=O)N1C. The number of halogens is 2. The third-order valence-electron chi connectivity index (χ3n) is 2.10. The zero-order valence-electron chi connectivity index (χ0n) is 9.70. The number of hydrogen-bond acceptors (Lipinski definition) is 5. The summed E-state index contributed by atoms with van der Waals surface area (Å²) in [5, 5.41) is 0. The van der Waals surface area contributed by atoms with Gasteiger partial charge in [0.05, 0.1) is 16.2 Å².